The predicted octanol–water partition coefficient (Wildman–Crippen LogP) is 5.28. The zero-order chi connectivity index (χ0) is 20.1. The van der Waals surface area contributed by atoms with Gasteiger partial charge in [-0.2, -0.15) is 0 Å². The second-order valence-electron chi connectivity index (χ2n) is 8.18. The van der Waals surface area contributed by atoms with Crippen LogP contribution >= 0.6 is 0 Å². The third-order valence-electron chi connectivity index (χ3n) is 5.03. The molecule has 0 aromatic heterocycles. The van der Waals surface area contributed by atoms with Crippen LogP contribution < -0.4 is 10.6 Å². The molecule has 1 atom stereocenters. The van der Waals surface area contributed by atoms with Crippen molar-refractivity contribution in [2.24, 2.45) is 0 Å². The monoisotopic (exact) mass is 386 g/mol. The first-order valence-electron chi connectivity index (χ1n) is 9.14. The number of phenols is 1. The van der Waals surface area contributed by atoms with Crippen molar-refractivity contribution in [3.63, 3.8) is 0 Å². The molecular weight excluding hydrogens is 356 g/mol. The third-order valence-corrected chi connectivity index (χ3v) is 9.53. The molecule has 0 aliphatic heterocycles. The van der Waals surface area contributed by atoms with Gasteiger partial charge in [0.05, 0.1) is 12.6 Å². The van der Waals surface area contributed by atoms with E-state index in [9.17, 15) is 9.90 Å². The molecule has 6 heteroatoms. The van der Waals surface area contributed by atoms with Gasteiger partial charge in [0, 0.05) is 11.8 Å². The maximum absolute atomic E-state index is 12.5. The van der Waals surface area contributed by atoms with Gasteiger partial charge in [-0.25, -0.2) is 4.79 Å². The second kappa shape index (κ2) is 8.58. The number of aromatic hydroxyl groups is 1. The molecule has 2 amide bonds. The summed E-state index contributed by atoms with van der Waals surface area (Å²) in [5, 5.41) is 15.4. The van der Waals surface area contributed by atoms with Crippen molar-refractivity contribution in [1.82, 2.24) is 5.32 Å². The van der Waals surface area contributed by atoms with Crippen LogP contribution in [-0.2, 0) is 4.43 Å². The van der Waals surface area contributed by atoms with Gasteiger partial charge in [-0.15, -0.1) is 0 Å². The van der Waals surface area contributed by atoms with Gasteiger partial charge in [0.2, 0.25) is 0 Å². The maximum Gasteiger partial charge on any atom is 0.319 e. The lowest BCUT2D eigenvalue weighted by molar-refractivity contribution is 0.226. The summed E-state index contributed by atoms with van der Waals surface area (Å²) in [6, 6.07) is 15.7. The van der Waals surface area contributed by atoms with Crippen LogP contribution in [0.3, 0.4) is 0 Å². The van der Waals surface area contributed by atoms with Crippen LogP contribution in [0.2, 0.25) is 18.1 Å². The number of benzene rings is 2. The number of anilines is 1. The van der Waals surface area contributed by atoms with Crippen molar-refractivity contribution in [3.8, 4) is 5.75 Å². The summed E-state index contributed by atoms with van der Waals surface area (Å²) in [5.41, 5.74) is 1.52. The fourth-order valence-electron chi connectivity index (χ4n) is 2.32. The lowest BCUT2D eigenvalue weighted by atomic mass is 10.1. The van der Waals surface area contributed by atoms with Crippen LogP contribution in [0.1, 0.15) is 32.4 Å². The number of carbonyl (C=O) groups is 1. The van der Waals surface area contributed by atoms with Crippen LogP contribution in [0.4, 0.5) is 10.5 Å². The molecule has 0 fully saturated rings. The van der Waals surface area contributed by atoms with E-state index >= 15 is 0 Å². The summed E-state index contributed by atoms with van der Waals surface area (Å²) < 4.78 is 6.34. The van der Waals surface area contributed by atoms with Crippen LogP contribution in [0.25, 0.3) is 0 Å². The molecule has 146 valence electrons. The lowest BCUT2D eigenvalue weighted by Crippen LogP contribution is -2.44. The molecule has 5 nitrogen and oxygen atoms in total. The molecule has 2 rings (SSSR count). The Hall–Kier alpha value is -2.31. The Balaban J connectivity index is 2.10. The van der Waals surface area contributed by atoms with E-state index in [2.05, 4.69) is 44.5 Å². The number of amides is 2. The highest BCUT2D eigenvalue weighted by Crippen LogP contribution is 2.37. The number of phenolic OH excluding ortho intramolecular Hbond substituents is 1. The van der Waals surface area contributed by atoms with E-state index in [1.54, 1.807) is 18.2 Å². The molecule has 0 aliphatic rings. The fraction of sp³-hybridized carbons (Fsp3) is 0.381. The average Bonchev–Trinajstić information content (AvgIpc) is 2.58. The number of nitrogens with one attached hydrogen (secondary N) is 2. The number of hydrogen-bond donors (Lipinski definition) is 3. The molecule has 2 aromatic rings. The Kier molecular flexibility index (Phi) is 6.67. The second-order valence-corrected chi connectivity index (χ2v) is 13.0. The van der Waals surface area contributed by atoms with Gasteiger partial charge in [0.25, 0.3) is 0 Å². The summed E-state index contributed by atoms with van der Waals surface area (Å²) in [6.07, 6.45) is 0. The Morgan fingerprint density at radius 3 is 2.37 bits per heavy atom. The molecule has 0 heterocycles. The predicted molar refractivity (Wildman–Crippen MR) is 113 cm³/mol. The van der Waals surface area contributed by atoms with E-state index in [1.807, 2.05) is 30.3 Å². The van der Waals surface area contributed by atoms with E-state index < -0.39 is 8.32 Å². The Labute approximate surface area is 162 Å². The fourth-order valence-corrected chi connectivity index (χ4v) is 3.34. The van der Waals surface area contributed by atoms with Crippen molar-refractivity contribution in [2.45, 2.75) is 44.9 Å². The molecule has 0 spiro atoms. The molecule has 3 N–H and O–H groups in total. The normalized spacial score (nSPS) is 13.1. The maximum atomic E-state index is 12.5. The van der Waals surface area contributed by atoms with Gasteiger partial charge in [0.1, 0.15) is 5.75 Å². The summed E-state index contributed by atoms with van der Waals surface area (Å²) in [4.78, 5) is 12.5. The number of carbonyl (C=O) groups excluding carboxylic acids is 1. The largest absolute Gasteiger partial charge is 0.508 e. The Morgan fingerprint density at radius 2 is 1.78 bits per heavy atom. The van der Waals surface area contributed by atoms with Gasteiger partial charge in [0.15, 0.2) is 8.32 Å². The van der Waals surface area contributed by atoms with Gasteiger partial charge < -0.3 is 20.2 Å². The molecule has 0 aliphatic carbocycles. The minimum absolute atomic E-state index is 0.0953. The topological polar surface area (TPSA) is 70.6 Å². The van der Waals surface area contributed by atoms with Gasteiger partial charge in [-0.1, -0.05) is 57.2 Å². The molecule has 0 radical (unpaired) electrons. The first-order chi connectivity index (χ1) is 12.6. The molecule has 1 unspecified atom stereocenters. The van der Waals surface area contributed by atoms with Crippen molar-refractivity contribution < 1.29 is 14.3 Å². The number of rotatable bonds is 6. The summed E-state index contributed by atoms with van der Waals surface area (Å²) in [5.74, 6) is 0.105. The van der Waals surface area contributed by atoms with Crippen LogP contribution in [0, 0.1) is 0 Å². The summed E-state index contributed by atoms with van der Waals surface area (Å²) in [6.45, 7) is 11.4. The quantitative estimate of drug-likeness (QED) is 0.592. The van der Waals surface area contributed by atoms with E-state index in [1.165, 1.54) is 6.07 Å². The Morgan fingerprint density at radius 1 is 1.11 bits per heavy atom. The molecular formula is C21H30N2O3Si. The molecule has 0 saturated carbocycles. The lowest BCUT2D eigenvalue weighted by Gasteiger charge is -2.37. The molecule has 2 aromatic carbocycles. The molecule has 0 bridgehead atoms. The minimum Gasteiger partial charge on any atom is -0.508 e. The standard InChI is InChI=1S/C21H30N2O3Si/c1-21(2,3)27(4,5)26-15-19(16-10-7-6-8-11-16)23-20(25)22-17-12-9-13-18(24)14-17/h6-14,19,24H,15H2,1-5H3,(H2,22,23,25). The van der Waals surface area contributed by atoms with Crippen LogP contribution in [-0.4, -0.2) is 26.1 Å². The zero-order valence-corrected chi connectivity index (χ0v) is 17.7. The van der Waals surface area contributed by atoms with Gasteiger partial charge in [-0.05, 0) is 35.8 Å². The SMILES string of the molecule is CC(C)(C)[Si](C)(C)OCC(NC(=O)Nc1cccc(O)c1)c1ccccc1. The van der Waals surface area contributed by atoms with Crippen molar-refractivity contribution in [3.05, 3.63) is 60.2 Å². The average molecular weight is 387 g/mol. The smallest absolute Gasteiger partial charge is 0.319 e. The van der Waals surface area contributed by atoms with E-state index in [0.29, 0.717) is 12.3 Å². The van der Waals surface area contributed by atoms with E-state index in [-0.39, 0.29) is 22.9 Å². The third kappa shape index (κ3) is 6.11. The summed E-state index contributed by atoms with van der Waals surface area (Å²) in [7, 11) is -1.94. The van der Waals surface area contributed by atoms with Gasteiger partial charge in [-0.3, -0.25) is 0 Å². The van der Waals surface area contributed by atoms with E-state index in [4.69, 9.17) is 4.43 Å². The zero-order valence-electron chi connectivity index (χ0n) is 16.7. The summed E-state index contributed by atoms with van der Waals surface area (Å²) >= 11 is 0. The highest BCUT2D eigenvalue weighted by molar-refractivity contribution is 6.74. The van der Waals surface area contributed by atoms with Gasteiger partial charge >= 0.3 is 6.03 Å². The number of hydrogen-bond acceptors (Lipinski definition) is 3. The van der Waals surface area contributed by atoms with Crippen molar-refractivity contribution in [2.75, 3.05) is 11.9 Å². The van der Waals surface area contributed by atoms with Crippen molar-refractivity contribution >= 4 is 20.0 Å². The van der Waals surface area contributed by atoms with Crippen LogP contribution in [0.5, 0.6) is 5.75 Å². The van der Waals surface area contributed by atoms with Crippen molar-refractivity contribution in [1.29, 1.82) is 0 Å². The molecule has 0 saturated heterocycles. The Bertz CT molecular complexity index is 758. The first-order valence-corrected chi connectivity index (χ1v) is 12.0. The van der Waals surface area contributed by atoms with Crippen LogP contribution in [0.15, 0.2) is 54.6 Å². The minimum atomic E-state index is -1.94. The molecule has 27 heavy (non-hydrogen) atoms. The first kappa shape index (κ1) is 21.0. The highest BCUT2D eigenvalue weighted by atomic mass is 28.4. The van der Waals surface area contributed by atoms with E-state index in [0.717, 1.165) is 5.56 Å². The number of urea groups is 1. The highest BCUT2D eigenvalue weighted by Gasteiger charge is 2.37.